The Kier molecular flexibility index (Phi) is 6.45. The maximum atomic E-state index is 13.0. The van der Waals surface area contributed by atoms with Crippen molar-refractivity contribution in [2.45, 2.75) is 45.1 Å². The van der Waals surface area contributed by atoms with E-state index in [9.17, 15) is 24.9 Å². The molecule has 3 atom stereocenters. The molecule has 30 heavy (non-hydrogen) atoms. The Hall–Kier alpha value is -3.28. The normalized spacial score (nSPS) is 18.8. The minimum absolute atomic E-state index is 0.0380. The maximum absolute atomic E-state index is 13.0. The van der Waals surface area contributed by atoms with Crippen molar-refractivity contribution in [3.63, 3.8) is 0 Å². The number of esters is 1. The second-order valence-electron chi connectivity index (χ2n) is 7.54. The Morgan fingerprint density at radius 2 is 1.43 bits per heavy atom. The van der Waals surface area contributed by atoms with Crippen LogP contribution in [-0.4, -0.2) is 33.2 Å². The topological polar surface area (TPSA) is 104 Å². The number of hydrogen-bond acceptors (Lipinski definition) is 6. The molecule has 0 spiro atoms. The minimum Gasteiger partial charge on any atom is -0.508 e. The van der Waals surface area contributed by atoms with E-state index in [1.165, 1.54) is 12.1 Å². The van der Waals surface area contributed by atoms with Crippen molar-refractivity contribution in [3.05, 3.63) is 71.0 Å². The van der Waals surface area contributed by atoms with E-state index in [2.05, 4.69) is 0 Å². The van der Waals surface area contributed by atoms with E-state index in [0.717, 1.165) is 5.56 Å². The van der Waals surface area contributed by atoms with Crippen LogP contribution in [0, 0.1) is 5.92 Å². The zero-order chi connectivity index (χ0) is 21.8. The monoisotopic (exact) mass is 410 g/mol. The average Bonchev–Trinajstić information content (AvgIpc) is 2.74. The molecular weight excluding hydrogens is 384 g/mol. The van der Waals surface area contributed by atoms with Crippen LogP contribution in [0.3, 0.4) is 0 Å². The molecule has 1 aliphatic rings. The number of ketones is 1. The van der Waals surface area contributed by atoms with E-state index in [1.54, 1.807) is 36.4 Å². The number of benzene rings is 2. The third-order valence-corrected chi connectivity index (χ3v) is 5.64. The Morgan fingerprint density at radius 1 is 0.867 bits per heavy atom. The molecule has 0 aromatic heterocycles. The number of carbonyl (C=O) groups is 2. The standard InChI is InChI=1S/C24H26O6/c1-3-15(13-14-5-9-17(25)10-6-14)23-22(28)21(27)20(24(29)30-23)19(4-2)16-7-11-18(26)12-8-16/h5-12,15,19,23,25-27H,3-4,13H2,1-2H3. The SMILES string of the molecule is CCC(C1=C(O)C(=O)C(C(CC)Cc2ccc(O)cc2)OC1=O)c1ccc(O)cc1. The van der Waals surface area contributed by atoms with Gasteiger partial charge in [0.1, 0.15) is 11.5 Å². The molecule has 0 fully saturated rings. The molecule has 0 bridgehead atoms. The summed E-state index contributed by atoms with van der Waals surface area (Å²) in [6.07, 6.45) is 0.458. The molecule has 2 aromatic carbocycles. The number of carbonyl (C=O) groups excluding carboxylic acids is 2. The van der Waals surface area contributed by atoms with Gasteiger partial charge in [0, 0.05) is 11.8 Å². The van der Waals surface area contributed by atoms with Crippen molar-refractivity contribution >= 4 is 11.8 Å². The van der Waals surface area contributed by atoms with Gasteiger partial charge in [-0.15, -0.1) is 0 Å². The molecular formula is C24H26O6. The molecule has 0 radical (unpaired) electrons. The Bertz CT molecular complexity index is 943. The third kappa shape index (κ3) is 4.32. The summed E-state index contributed by atoms with van der Waals surface area (Å²) in [5.41, 5.74) is 1.56. The molecule has 3 N–H and O–H groups in total. The summed E-state index contributed by atoms with van der Waals surface area (Å²) in [5.74, 6) is -2.40. The van der Waals surface area contributed by atoms with Crippen LogP contribution in [0.2, 0.25) is 0 Å². The summed E-state index contributed by atoms with van der Waals surface area (Å²) in [6.45, 7) is 3.75. The quantitative estimate of drug-likeness (QED) is 0.592. The Labute approximate surface area is 175 Å². The molecule has 0 amide bonds. The van der Waals surface area contributed by atoms with Crippen LogP contribution in [0.15, 0.2) is 59.9 Å². The van der Waals surface area contributed by atoms with Gasteiger partial charge < -0.3 is 20.1 Å². The number of hydrogen-bond donors (Lipinski definition) is 3. The van der Waals surface area contributed by atoms with Gasteiger partial charge >= 0.3 is 5.97 Å². The highest BCUT2D eigenvalue weighted by atomic mass is 16.6. The summed E-state index contributed by atoms with van der Waals surface area (Å²) in [5, 5.41) is 29.6. The molecule has 0 saturated carbocycles. The van der Waals surface area contributed by atoms with Crippen LogP contribution in [0.25, 0.3) is 0 Å². The first-order valence-electron chi connectivity index (χ1n) is 10.1. The Balaban J connectivity index is 1.89. The van der Waals surface area contributed by atoms with Crippen LogP contribution in [0.1, 0.15) is 43.7 Å². The molecule has 6 nitrogen and oxygen atoms in total. The van der Waals surface area contributed by atoms with Crippen molar-refractivity contribution in [1.82, 2.24) is 0 Å². The highest BCUT2D eigenvalue weighted by molar-refractivity contribution is 6.09. The number of cyclic esters (lactones) is 1. The second-order valence-corrected chi connectivity index (χ2v) is 7.54. The highest BCUT2D eigenvalue weighted by Crippen LogP contribution is 2.36. The molecule has 2 aromatic rings. The van der Waals surface area contributed by atoms with Crippen molar-refractivity contribution in [2.24, 2.45) is 5.92 Å². The van der Waals surface area contributed by atoms with Gasteiger partial charge in [0.15, 0.2) is 11.9 Å². The van der Waals surface area contributed by atoms with Crippen LogP contribution in [0.5, 0.6) is 11.5 Å². The van der Waals surface area contributed by atoms with Crippen LogP contribution >= 0.6 is 0 Å². The maximum Gasteiger partial charge on any atom is 0.339 e. The van der Waals surface area contributed by atoms with Gasteiger partial charge in [-0.25, -0.2) is 4.79 Å². The molecule has 0 aliphatic carbocycles. The smallest absolute Gasteiger partial charge is 0.339 e. The number of Topliss-reactive ketones (excluding diaryl/α,β-unsaturated/α-hetero) is 1. The summed E-state index contributed by atoms with van der Waals surface area (Å²) in [7, 11) is 0. The summed E-state index contributed by atoms with van der Waals surface area (Å²) in [6, 6.07) is 13.0. The number of rotatable bonds is 7. The van der Waals surface area contributed by atoms with Crippen molar-refractivity contribution < 1.29 is 29.6 Å². The summed E-state index contributed by atoms with van der Waals surface area (Å²) in [4.78, 5) is 25.8. The zero-order valence-corrected chi connectivity index (χ0v) is 17.0. The van der Waals surface area contributed by atoms with Crippen molar-refractivity contribution in [3.8, 4) is 11.5 Å². The average molecular weight is 410 g/mol. The largest absolute Gasteiger partial charge is 0.508 e. The number of aromatic hydroxyl groups is 2. The van der Waals surface area contributed by atoms with Gasteiger partial charge in [0.25, 0.3) is 0 Å². The van der Waals surface area contributed by atoms with Gasteiger partial charge in [-0.1, -0.05) is 38.1 Å². The molecule has 3 rings (SSSR count). The highest BCUT2D eigenvalue weighted by Gasteiger charge is 2.42. The van der Waals surface area contributed by atoms with E-state index in [1.807, 2.05) is 13.8 Å². The molecule has 0 saturated heterocycles. The van der Waals surface area contributed by atoms with Crippen LogP contribution in [-0.2, 0) is 20.7 Å². The molecule has 1 heterocycles. The lowest BCUT2D eigenvalue weighted by molar-refractivity contribution is -0.158. The lowest BCUT2D eigenvalue weighted by atomic mass is 9.82. The van der Waals surface area contributed by atoms with E-state index in [0.29, 0.717) is 24.8 Å². The van der Waals surface area contributed by atoms with Crippen LogP contribution in [0.4, 0.5) is 0 Å². The van der Waals surface area contributed by atoms with Gasteiger partial charge in [0.05, 0.1) is 5.57 Å². The van der Waals surface area contributed by atoms with Gasteiger partial charge in [-0.05, 0) is 54.7 Å². The number of aliphatic hydroxyl groups is 1. The number of aliphatic hydroxyl groups excluding tert-OH is 1. The van der Waals surface area contributed by atoms with E-state index >= 15 is 0 Å². The minimum atomic E-state index is -1.06. The molecule has 158 valence electrons. The second kappa shape index (κ2) is 9.03. The predicted molar refractivity (Wildman–Crippen MR) is 111 cm³/mol. The summed E-state index contributed by atoms with van der Waals surface area (Å²) < 4.78 is 5.55. The fourth-order valence-electron chi connectivity index (χ4n) is 3.93. The van der Waals surface area contributed by atoms with Crippen LogP contribution < -0.4 is 0 Å². The number of ether oxygens (including phenoxy) is 1. The first-order valence-corrected chi connectivity index (χ1v) is 10.1. The molecule has 3 unspecified atom stereocenters. The zero-order valence-electron chi connectivity index (χ0n) is 17.0. The Morgan fingerprint density at radius 3 is 1.97 bits per heavy atom. The van der Waals surface area contributed by atoms with Gasteiger partial charge in [-0.2, -0.15) is 0 Å². The fraction of sp³-hybridized carbons (Fsp3) is 0.333. The fourth-order valence-corrected chi connectivity index (χ4v) is 3.93. The summed E-state index contributed by atoms with van der Waals surface area (Å²) >= 11 is 0. The number of phenolic OH excluding ortho intramolecular Hbond substituents is 2. The van der Waals surface area contributed by atoms with Crippen molar-refractivity contribution in [2.75, 3.05) is 0 Å². The first-order chi connectivity index (χ1) is 14.3. The van der Waals surface area contributed by atoms with Gasteiger partial charge in [0.2, 0.25) is 5.78 Å². The lowest BCUT2D eigenvalue weighted by Gasteiger charge is -2.31. The molecule has 6 heteroatoms. The first kappa shape index (κ1) is 21.4. The predicted octanol–water partition coefficient (Wildman–Crippen LogP) is 4.17. The van der Waals surface area contributed by atoms with Gasteiger partial charge in [-0.3, -0.25) is 4.79 Å². The lowest BCUT2D eigenvalue weighted by Crippen LogP contribution is -2.42. The van der Waals surface area contributed by atoms with E-state index < -0.39 is 29.5 Å². The third-order valence-electron chi connectivity index (χ3n) is 5.64. The van der Waals surface area contributed by atoms with Crippen molar-refractivity contribution in [1.29, 1.82) is 0 Å². The van der Waals surface area contributed by atoms with E-state index in [-0.39, 0.29) is 23.0 Å². The van der Waals surface area contributed by atoms with E-state index in [4.69, 9.17) is 4.74 Å². The molecule has 1 aliphatic heterocycles. The number of phenols is 2.